The van der Waals surface area contributed by atoms with Crippen molar-refractivity contribution < 1.29 is 0 Å². The summed E-state index contributed by atoms with van der Waals surface area (Å²) < 4.78 is 2.90. The molecule has 0 saturated heterocycles. The number of nitrogens with zero attached hydrogens (tertiary/aromatic N) is 2. The molecule has 1 aromatic carbocycles. The van der Waals surface area contributed by atoms with Gasteiger partial charge >= 0.3 is 0 Å². The Bertz CT molecular complexity index is 507. The van der Waals surface area contributed by atoms with Crippen molar-refractivity contribution in [3.63, 3.8) is 0 Å². The first kappa shape index (κ1) is 12.0. The van der Waals surface area contributed by atoms with Crippen molar-refractivity contribution in [2.24, 2.45) is 0 Å². The predicted molar refractivity (Wildman–Crippen MR) is 74.0 cm³/mol. The van der Waals surface area contributed by atoms with Crippen molar-refractivity contribution in [2.45, 2.75) is 13.5 Å². The van der Waals surface area contributed by atoms with E-state index in [0.717, 1.165) is 28.9 Å². The molecule has 3 N–H and O–H groups in total. The summed E-state index contributed by atoms with van der Waals surface area (Å²) in [4.78, 5) is 0. The van der Waals surface area contributed by atoms with Gasteiger partial charge in [-0.05, 0) is 46.6 Å². The van der Waals surface area contributed by atoms with Gasteiger partial charge in [-0.1, -0.05) is 0 Å². The zero-order valence-electron chi connectivity index (χ0n) is 9.65. The Kier molecular flexibility index (Phi) is 3.68. The zero-order chi connectivity index (χ0) is 12.3. The highest BCUT2D eigenvalue weighted by atomic mass is 79.9. The topological polar surface area (TPSA) is 55.9 Å². The van der Waals surface area contributed by atoms with Crippen LogP contribution in [0.25, 0.3) is 0 Å². The minimum absolute atomic E-state index is 0.755. The van der Waals surface area contributed by atoms with E-state index in [0.29, 0.717) is 0 Å². The third-order valence-corrected chi connectivity index (χ3v) is 3.07. The Morgan fingerprint density at radius 1 is 1.47 bits per heavy atom. The van der Waals surface area contributed by atoms with E-state index in [9.17, 15) is 0 Å². The fourth-order valence-electron chi connectivity index (χ4n) is 1.57. The zero-order valence-corrected chi connectivity index (χ0v) is 11.2. The quantitative estimate of drug-likeness (QED) is 0.853. The highest BCUT2D eigenvalue weighted by Crippen LogP contribution is 2.24. The predicted octanol–water partition coefficient (Wildman–Crippen LogP) is 2.65. The third-order valence-electron chi connectivity index (χ3n) is 2.41. The van der Waals surface area contributed by atoms with E-state index in [4.69, 9.17) is 5.73 Å². The third kappa shape index (κ3) is 3.23. The molecule has 0 aliphatic rings. The van der Waals surface area contributed by atoms with Gasteiger partial charge in [-0.2, -0.15) is 5.10 Å². The van der Waals surface area contributed by atoms with Crippen molar-refractivity contribution in [3.8, 4) is 0 Å². The highest BCUT2D eigenvalue weighted by Gasteiger charge is 1.99. The molecule has 0 fully saturated rings. The lowest BCUT2D eigenvalue weighted by atomic mass is 10.3. The first-order valence-corrected chi connectivity index (χ1v) is 6.22. The van der Waals surface area contributed by atoms with E-state index >= 15 is 0 Å². The molecule has 0 saturated carbocycles. The van der Waals surface area contributed by atoms with Gasteiger partial charge in [0.15, 0.2) is 0 Å². The summed E-state index contributed by atoms with van der Waals surface area (Å²) in [5.74, 6) is 0. The van der Waals surface area contributed by atoms with E-state index in [1.165, 1.54) is 5.56 Å². The number of anilines is 2. The molecule has 1 aromatic heterocycles. The molecule has 17 heavy (non-hydrogen) atoms. The number of aromatic nitrogens is 2. The minimum Gasteiger partial charge on any atom is -0.399 e. The molecule has 0 amide bonds. The molecule has 0 atom stereocenters. The molecule has 2 rings (SSSR count). The van der Waals surface area contributed by atoms with Gasteiger partial charge in [-0.3, -0.25) is 4.68 Å². The largest absolute Gasteiger partial charge is 0.399 e. The molecule has 5 heteroatoms. The number of nitrogens with one attached hydrogen (secondary N) is 1. The standard InChI is InChI=1S/C12H15BrN4/c1-9-7-16-17(8-9)5-4-15-12-3-2-10(14)6-11(12)13/h2-3,6-8,15H,4-5,14H2,1H3. The molecular weight excluding hydrogens is 280 g/mol. The first-order chi connectivity index (χ1) is 8.15. The first-order valence-electron chi connectivity index (χ1n) is 5.43. The van der Waals surface area contributed by atoms with Crippen LogP contribution in [0.3, 0.4) is 0 Å². The van der Waals surface area contributed by atoms with E-state index in [2.05, 4.69) is 26.3 Å². The van der Waals surface area contributed by atoms with E-state index < -0.39 is 0 Å². The molecule has 0 spiro atoms. The normalized spacial score (nSPS) is 10.5. The number of hydrogen-bond donors (Lipinski definition) is 2. The summed E-state index contributed by atoms with van der Waals surface area (Å²) in [7, 11) is 0. The summed E-state index contributed by atoms with van der Waals surface area (Å²) >= 11 is 3.47. The molecule has 0 bridgehead atoms. The fourth-order valence-corrected chi connectivity index (χ4v) is 2.11. The lowest BCUT2D eigenvalue weighted by Gasteiger charge is -2.09. The van der Waals surface area contributed by atoms with Crippen molar-refractivity contribution in [3.05, 3.63) is 40.6 Å². The van der Waals surface area contributed by atoms with Crippen molar-refractivity contribution in [2.75, 3.05) is 17.6 Å². The molecule has 90 valence electrons. The Labute approximate surface area is 109 Å². The van der Waals surface area contributed by atoms with Gasteiger partial charge < -0.3 is 11.1 Å². The molecule has 4 nitrogen and oxygen atoms in total. The number of benzene rings is 1. The maximum Gasteiger partial charge on any atom is 0.0582 e. The van der Waals surface area contributed by atoms with Gasteiger partial charge in [-0.25, -0.2) is 0 Å². The number of rotatable bonds is 4. The number of nitrogens with two attached hydrogens (primary N) is 1. The number of halogens is 1. The van der Waals surface area contributed by atoms with Gasteiger partial charge in [0.25, 0.3) is 0 Å². The second-order valence-electron chi connectivity index (χ2n) is 3.95. The second kappa shape index (κ2) is 5.23. The molecule has 0 unspecified atom stereocenters. The van der Waals surface area contributed by atoms with Gasteiger partial charge in [0.1, 0.15) is 0 Å². The summed E-state index contributed by atoms with van der Waals surface area (Å²) in [6.07, 6.45) is 3.89. The Morgan fingerprint density at radius 3 is 2.94 bits per heavy atom. The average molecular weight is 295 g/mol. The van der Waals surface area contributed by atoms with Crippen LogP contribution < -0.4 is 11.1 Å². The van der Waals surface area contributed by atoms with Gasteiger partial charge in [-0.15, -0.1) is 0 Å². The van der Waals surface area contributed by atoms with E-state index in [1.807, 2.05) is 42.2 Å². The van der Waals surface area contributed by atoms with Crippen LogP contribution in [0.1, 0.15) is 5.56 Å². The Hall–Kier alpha value is -1.49. The van der Waals surface area contributed by atoms with Crippen LogP contribution in [0.15, 0.2) is 35.1 Å². The lowest BCUT2D eigenvalue weighted by molar-refractivity contribution is 0.637. The van der Waals surface area contributed by atoms with Gasteiger partial charge in [0.05, 0.1) is 12.7 Å². The van der Waals surface area contributed by atoms with E-state index in [-0.39, 0.29) is 0 Å². The molecule has 0 aliphatic carbocycles. The number of aryl methyl sites for hydroxylation is 1. The molecular formula is C12H15BrN4. The SMILES string of the molecule is Cc1cnn(CCNc2ccc(N)cc2Br)c1. The molecule has 0 aliphatic heterocycles. The smallest absolute Gasteiger partial charge is 0.0582 e. The van der Waals surface area contributed by atoms with Crippen molar-refractivity contribution >= 4 is 27.3 Å². The van der Waals surface area contributed by atoms with Crippen LogP contribution in [0.5, 0.6) is 0 Å². The summed E-state index contributed by atoms with van der Waals surface area (Å²) in [5, 5.41) is 7.56. The second-order valence-corrected chi connectivity index (χ2v) is 4.80. The van der Waals surface area contributed by atoms with Gasteiger partial charge in [0.2, 0.25) is 0 Å². The monoisotopic (exact) mass is 294 g/mol. The fraction of sp³-hybridized carbons (Fsp3) is 0.250. The van der Waals surface area contributed by atoms with E-state index in [1.54, 1.807) is 0 Å². The lowest BCUT2D eigenvalue weighted by Crippen LogP contribution is -2.11. The van der Waals surface area contributed by atoms with Crippen molar-refractivity contribution in [1.82, 2.24) is 9.78 Å². The maximum absolute atomic E-state index is 5.68. The maximum atomic E-state index is 5.68. The van der Waals surface area contributed by atoms with Crippen LogP contribution in [0.2, 0.25) is 0 Å². The van der Waals surface area contributed by atoms with Crippen LogP contribution >= 0.6 is 15.9 Å². The number of hydrogen-bond acceptors (Lipinski definition) is 3. The summed E-state index contributed by atoms with van der Waals surface area (Å²) in [5.41, 5.74) is 8.66. The number of nitrogen functional groups attached to an aromatic ring is 1. The highest BCUT2D eigenvalue weighted by molar-refractivity contribution is 9.10. The Morgan fingerprint density at radius 2 is 2.29 bits per heavy atom. The molecule has 2 aromatic rings. The Balaban J connectivity index is 1.90. The average Bonchev–Trinajstić information content (AvgIpc) is 2.68. The summed E-state index contributed by atoms with van der Waals surface area (Å²) in [6, 6.07) is 5.74. The van der Waals surface area contributed by atoms with Crippen LogP contribution in [-0.4, -0.2) is 16.3 Å². The van der Waals surface area contributed by atoms with Crippen LogP contribution in [0.4, 0.5) is 11.4 Å². The van der Waals surface area contributed by atoms with Crippen molar-refractivity contribution in [1.29, 1.82) is 0 Å². The van der Waals surface area contributed by atoms with Gasteiger partial charge in [0, 0.05) is 28.6 Å². The summed E-state index contributed by atoms with van der Waals surface area (Å²) in [6.45, 7) is 3.70. The van der Waals surface area contributed by atoms with Crippen LogP contribution in [0, 0.1) is 6.92 Å². The minimum atomic E-state index is 0.755. The molecule has 1 heterocycles. The molecule has 0 radical (unpaired) electrons. The van der Waals surface area contributed by atoms with Crippen LogP contribution in [-0.2, 0) is 6.54 Å².